The number of aromatic hydroxyl groups is 1. The second-order valence-corrected chi connectivity index (χ2v) is 6.53. The van der Waals surface area contributed by atoms with E-state index in [0.717, 1.165) is 26.1 Å². The zero-order chi connectivity index (χ0) is 15.1. The molecule has 0 saturated carbocycles. The molecule has 2 aromatic rings. The third-order valence-corrected chi connectivity index (χ3v) is 5.11. The number of likely N-dealkylation sites (N-methyl/N-ethyl adjacent to an activating group) is 1. The van der Waals surface area contributed by atoms with Gasteiger partial charge in [-0.2, -0.15) is 0 Å². The highest BCUT2D eigenvalue weighted by molar-refractivity contribution is 5.41. The molecule has 3 heteroatoms. The number of hydrogen-bond acceptors (Lipinski definition) is 3. The van der Waals surface area contributed by atoms with Crippen LogP contribution in [0, 0.1) is 0 Å². The van der Waals surface area contributed by atoms with Gasteiger partial charge in [-0.05, 0) is 42.3 Å². The van der Waals surface area contributed by atoms with Crippen molar-refractivity contribution in [1.29, 1.82) is 0 Å². The van der Waals surface area contributed by atoms with E-state index in [-0.39, 0.29) is 0 Å². The predicted octanol–water partition coefficient (Wildman–Crippen LogP) is 2.98. The summed E-state index contributed by atoms with van der Waals surface area (Å²) in [5.74, 6) is 0.378. The van der Waals surface area contributed by atoms with E-state index < -0.39 is 0 Å². The van der Waals surface area contributed by atoms with Crippen molar-refractivity contribution in [3.63, 3.8) is 0 Å². The maximum atomic E-state index is 9.87. The summed E-state index contributed by atoms with van der Waals surface area (Å²) in [4.78, 5) is 5.06. The van der Waals surface area contributed by atoms with Crippen LogP contribution in [0.15, 0.2) is 48.5 Å². The van der Waals surface area contributed by atoms with Crippen LogP contribution < -0.4 is 0 Å². The van der Waals surface area contributed by atoms with Crippen LogP contribution >= 0.6 is 0 Å². The van der Waals surface area contributed by atoms with Crippen molar-refractivity contribution in [2.45, 2.75) is 18.5 Å². The fraction of sp³-hybridized carbons (Fsp3) is 0.368. The first-order chi connectivity index (χ1) is 10.7. The highest BCUT2D eigenvalue weighted by Crippen LogP contribution is 2.42. The molecule has 2 atom stereocenters. The van der Waals surface area contributed by atoms with Crippen LogP contribution in [0.4, 0.5) is 0 Å². The van der Waals surface area contributed by atoms with Crippen LogP contribution in [-0.2, 0) is 6.42 Å². The number of piperazine rings is 1. The molecule has 0 spiro atoms. The zero-order valence-electron chi connectivity index (χ0n) is 12.9. The van der Waals surface area contributed by atoms with Gasteiger partial charge >= 0.3 is 0 Å². The summed E-state index contributed by atoms with van der Waals surface area (Å²) < 4.78 is 0. The van der Waals surface area contributed by atoms with Gasteiger partial charge in [0.15, 0.2) is 0 Å². The van der Waals surface area contributed by atoms with Crippen LogP contribution in [-0.4, -0.2) is 41.6 Å². The van der Waals surface area contributed by atoms with Gasteiger partial charge in [0.05, 0.1) is 0 Å². The Morgan fingerprint density at radius 1 is 1.00 bits per heavy atom. The second-order valence-electron chi connectivity index (χ2n) is 6.53. The smallest absolute Gasteiger partial charge is 0.115 e. The molecule has 2 heterocycles. The van der Waals surface area contributed by atoms with Gasteiger partial charge in [0.1, 0.15) is 5.75 Å². The molecule has 2 aromatic carbocycles. The van der Waals surface area contributed by atoms with Gasteiger partial charge in [0, 0.05) is 31.7 Å². The molecular weight excluding hydrogens is 272 g/mol. The van der Waals surface area contributed by atoms with Gasteiger partial charge in [-0.15, -0.1) is 0 Å². The van der Waals surface area contributed by atoms with Crippen molar-refractivity contribution in [3.8, 4) is 5.75 Å². The number of phenolic OH excluding ortho intramolecular Hbond substituents is 1. The SMILES string of the molecule is CN1CCN2C(c3ccccc3)Cc3cc(O)ccc3C2C1. The largest absolute Gasteiger partial charge is 0.508 e. The molecule has 2 aliphatic rings. The fourth-order valence-corrected chi connectivity index (χ4v) is 3.99. The summed E-state index contributed by atoms with van der Waals surface area (Å²) in [5.41, 5.74) is 4.06. The molecule has 0 aliphatic carbocycles. The number of nitrogens with zero attached hydrogens (tertiary/aromatic N) is 2. The first-order valence-corrected chi connectivity index (χ1v) is 8.03. The molecule has 1 N–H and O–H groups in total. The Labute approximate surface area is 131 Å². The maximum absolute atomic E-state index is 9.87. The lowest BCUT2D eigenvalue weighted by atomic mass is 9.84. The molecule has 4 rings (SSSR count). The Hall–Kier alpha value is -1.84. The van der Waals surface area contributed by atoms with Crippen molar-refractivity contribution < 1.29 is 5.11 Å². The molecule has 2 aliphatic heterocycles. The van der Waals surface area contributed by atoms with Gasteiger partial charge < -0.3 is 10.0 Å². The van der Waals surface area contributed by atoms with E-state index in [1.54, 1.807) is 0 Å². The molecule has 0 aromatic heterocycles. The fourth-order valence-electron chi connectivity index (χ4n) is 3.99. The van der Waals surface area contributed by atoms with E-state index in [9.17, 15) is 5.11 Å². The molecule has 0 bridgehead atoms. The first kappa shape index (κ1) is 13.8. The number of benzene rings is 2. The molecule has 2 unspecified atom stereocenters. The zero-order valence-corrected chi connectivity index (χ0v) is 12.9. The van der Waals surface area contributed by atoms with Crippen LogP contribution in [0.1, 0.15) is 28.8 Å². The maximum Gasteiger partial charge on any atom is 0.115 e. The topological polar surface area (TPSA) is 26.7 Å². The third-order valence-electron chi connectivity index (χ3n) is 5.11. The molecule has 22 heavy (non-hydrogen) atoms. The van der Waals surface area contributed by atoms with Crippen molar-refractivity contribution in [2.75, 3.05) is 26.7 Å². The minimum Gasteiger partial charge on any atom is -0.508 e. The predicted molar refractivity (Wildman–Crippen MR) is 87.9 cm³/mol. The van der Waals surface area contributed by atoms with Crippen molar-refractivity contribution in [1.82, 2.24) is 9.80 Å². The summed E-state index contributed by atoms with van der Waals surface area (Å²) in [6.45, 7) is 3.27. The molecule has 0 radical (unpaired) electrons. The van der Waals surface area contributed by atoms with Crippen molar-refractivity contribution in [2.24, 2.45) is 0 Å². The van der Waals surface area contributed by atoms with Crippen LogP contribution in [0.25, 0.3) is 0 Å². The standard InChI is InChI=1S/C19H22N2O/c1-20-9-10-21-18(14-5-3-2-4-6-14)12-15-11-16(22)7-8-17(15)19(21)13-20/h2-8,11,18-19,22H,9-10,12-13H2,1H3. The Balaban J connectivity index is 1.79. The minimum absolute atomic E-state index is 0.378. The summed E-state index contributed by atoms with van der Waals surface area (Å²) >= 11 is 0. The highest BCUT2D eigenvalue weighted by atomic mass is 16.3. The summed E-state index contributed by atoms with van der Waals surface area (Å²) in [5, 5.41) is 9.87. The molecule has 1 saturated heterocycles. The van der Waals surface area contributed by atoms with Crippen molar-refractivity contribution in [3.05, 3.63) is 65.2 Å². The Bertz CT molecular complexity index is 670. The van der Waals surface area contributed by atoms with E-state index in [4.69, 9.17) is 0 Å². The van der Waals surface area contributed by atoms with Gasteiger partial charge in [-0.25, -0.2) is 0 Å². The average molecular weight is 294 g/mol. The Morgan fingerprint density at radius 3 is 2.64 bits per heavy atom. The van der Waals surface area contributed by atoms with E-state index in [1.807, 2.05) is 12.1 Å². The molecular formula is C19H22N2O. The first-order valence-electron chi connectivity index (χ1n) is 8.03. The average Bonchev–Trinajstić information content (AvgIpc) is 2.54. The normalized spacial score (nSPS) is 25.5. The van der Waals surface area contributed by atoms with E-state index in [1.165, 1.54) is 16.7 Å². The lowest BCUT2D eigenvalue weighted by molar-refractivity contribution is 0.0403. The highest BCUT2D eigenvalue weighted by Gasteiger charge is 2.37. The second kappa shape index (κ2) is 5.41. The number of rotatable bonds is 1. The van der Waals surface area contributed by atoms with Crippen LogP contribution in [0.3, 0.4) is 0 Å². The molecule has 114 valence electrons. The Morgan fingerprint density at radius 2 is 1.82 bits per heavy atom. The number of fused-ring (bicyclic) bond motifs is 3. The quantitative estimate of drug-likeness (QED) is 0.876. The number of phenols is 1. The molecule has 3 nitrogen and oxygen atoms in total. The molecule has 1 fully saturated rings. The van der Waals surface area contributed by atoms with E-state index >= 15 is 0 Å². The number of hydrogen-bond donors (Lipinski definition) is 1. The van der Waals surface area contributed by atoms with E-state index in [2.05, 4.69) is 53.2 Å². The van der Waals surface area contributed by atoms with Gasteiger partial charge in [-0.1, -0.05) is 36.4 Å². The summed E-state index contributed by atoms with van der Waals surface area (Å²) in [6, 6.07) is 17.5. The summed E-state index contributed by atoms with van der Waals surface area (Å²) in [6.07, 6.45) is 0.980. The monoisotopic (exact) mass is 294 g/mol. The van der Waals surface area contributed by atoms with Gasteiger partial charge in [0.2, 0.25) is 0 Å². The van der Waals surface area contributed by atoms with Gasteiger partial charge in [0.25, 0.3) is 0 Å². The Kier molecular flexibility index (Phi) is 3.40. The van der Waals surface area contributed by atoms with Crippen LogP contribution in [0.2, 0.25) is 0 Å². The van der Waals surface area contributed by atoms with Crippen LogP contribution in [0.5, 0.6) is 5.75 Å². The van der Waals surface area contributed by atoms with Gasteiger partial charge in [-0.3, -0.25) is 4.90 Å². The van der Waals surface area contributed by atoms with E-state index in [0.29, 0.717) is 17.8 Å². The minimum atomic E-state index is 0.378. The summed E-state index contributed by atoms with van der Waals surface area (Å²) in [7, 11) is 2.20. The van der Waals surface area contributed by atoms with Crippen molar-refractivity contribution >= 4 is 0 Å². The lowest BCUT2D eigenvalue weighted by Gasteiger charge is -2.48. The molecule has 0 amide bonds. The lowest BCUT2D eigenvalue weighted by Crippen LogP contribution is -2.50. The third kappa shape index (κ3) is 2.31.